The number of benzene rings is 1. The van der Waals surface area contributed by atoms with Crippen molar-refractivity contribution < 1.29 is 4.92 Å². The van der Waals surface area contributed by atoms with Crippen molar-refractivity contribution in [3.8, 4) is 0 Å². The van der Waals surface area contributed by atoms with Gasteiger partial charge in [0.15, 0.2) is 0 Å². The molecule has 0 amide bonds. The van der Waals surface area contributed by atoms with E-state index in [1.54, 1.807) is 6.07 Å². The molecule has 1 atom stereocenters. The maximum atomic E-state index is 10.8. The van der Waals surface area contributed by atoms with E-state index in [-0.39, 0.29) is 16.5 Å². The summed E-state index contributed by atoms with van der Waals surface area (Å²) >= 11 is 0. The van der Waals surface area contributed by atoms with Crippen LogP contribution in [0.1, 0.15) is 37.3 Å². The van der Waals surface area contributed by atoms with Gasteiger partial charge in [-0.25, -0.2) is 0 Å². The lowest BCUT2D eigenvalue weighted by atomic mass is 9.96. The van der Waals surface area contributed by atoms with Crippen LogP contribution in [0.2, 0.25) is 0 Å². The molecule has 0 aromatic heterocycles. The molecule has 0 spiro atoms. The standard InChI is InChI=1S/C11H15NO2/c1-4-9(3)10-6-5-8(2)7-11(10)12(13)14/h5-7,9H,4H2,1-3H3. The molecular weight excluding hydrogens is 178 g/mol. The fourth-order valence-electron chi connectivity index (χ4n) is 1.45. The zero-order valence-electron chi connectivity index (χ0n) is 8.78. The van der Waals surface area contributed by atoms with Crippen LogP contribution in [0.15, 0.2) is 18.2 Å². The molecule has 1 aromatic rings. The van der Waals surface area contributed by atoms with Crippen LogP contribution >= 0.6 is 0 Å². The molecule has 1 aromatic carbocycles. The van der Waals surface area contributed by atoms with E-state index in [0.29, 0.717) is 0 Å². The van der Waals surface area contributed by atoms with Gasteiger partial charge in [-0.05, 0) is 24.8 Å². The van der Waals surface area contributed by atoms with Crippen LogP contribution in [0.3, 0.4) is 0 Å². The minimum Gasteiger partial charge on any atom is -0.258 e. The second kappa shape index (κ2) is 4.22. The number of aryl methyl sites for hydroxylation is 1. The molecule has 0 aliphatic carbocycles. The summed E-state index contributed by atoms with van der Waals surface area (Å²) in [6.07, 6.45) is 0.921. The highest BCUT2D eigenvalue weighted by Gasteiger charge is 2.17. The van der Waals surface area contributed by atoms with Crippen LogP contribution in [0.25, 0.3) is 0 Å². The van der Waals surface area contributed by atoms with Crippen molar-refractivity contribution in [1.29, 1.82) is 0 Å². The summed E-state index contributed by atoms with van der Waals surface area (Å²) in [5.41, 5.74) is 2.02. The van der Waals surface area contributed by atoms with E-state index >= 15 is 0 Å². The van der Waals surface area contributed by atoms with Gasteiger partial charge < -0.3 is 0 Å². The Morgan fingerprint density at radius 2 is 2.14 bits per heavy atom. The number of rotatable bonds is 3. The smallest absolute Gasteiger partial charge is 0.258 e. The van der Waals surface area contributed by atoms with Gasteiger partial charge in [-0.1, -0.05) is 26.0 Å². The summed E-state index contributed by atoms with van der Waals surface area (Å²) in [5, 5.41) is 10.8. The molecule has 3 heteroatoms. The summed E-state index contributed by atoms with van der Waals surface area (Å²) in [6.45, 7) is 5.92. The highest BCUT2D eigenvalue weighted by atomic mass is 16.6. The first-order chi connectivity index (χ1) is 6.56. The third-order valence-electron chi connectivity index (χ3n) is 2.53. The summed E-state index contributed by atoms with van der Waals surface area (Å²) < 4.78 is 0. The van der Waals surface area contributed by atoms with Gasteiger partial charge in [0.05, 0.1) is 4.92 Å². The van der Waals surface area contributed by atoms with Crippen molar-refractivity contribution >= 4 is 5.69 Å². The van der Waals surface area contributed by atoms with Gasteiger partial charge in [0.2, 0.25) is 0 Å². The molecule has 0 aliphatic rings. The molecule has 0 fully saturated rings. The van der Waals surface area contributed by atoms with Gasteiger partial charge in [0, 0.05) is 11.6 Å². The summed E-state index contributed by atoms with van der Waals surface area (Å²) in [5.74, 6) is 0.246. The topological polar surface area (TPSA) is 43.1 Å². The lowest BCUT2D eigenvalue weighted by molar-refractivity contribution is -0.385. The highest BCUT2D eigenvalue weighted by molar-refractivity contribution is 5.44. The van der Waals surface area contributed by atoms with Gasteiger partial charge in [-0.2, -0.15) is 0 Å². The number of nitro groups is 1. The van der Waals surface area contributed by atoms with Gasteiger partial charge in [-0.15, -0.1) is 0 Å². The Balaban J connectivity index is 3.21. The summed E-state index contributed by atoms with van der Waals surface area (Å²) in [7, 11) is 0. The average molecular weight is 193 g/mol. The predicted octanol–water partition coefficient (Wildman–Crippen LogP) is 3.42. The number of nitro benzene ring substituents is 1. The lowest BCUT2D eigenvalue weighted by Gasteiger charge is -2.09. The Labute approximate surface area is 83.9 Å². The second-order valence-electron chi connectivity index (χ2n) is 3.63. The largest absolute Gasteiger partial charge is 0.273 e. The fourth-order valence-corrected chi connectivity index (χ4v) is 1.45. The fraction of sp³-hybridized carbons (Fsp3) is 0.455. The second-order valence-corrected chi connectivity index (χ2v) is 3.63. The first kappa shape index (κ1) is 10.7. The first-order valence-corrected chi connectivity index (χ1v) is 4.81. The van der Waals surface area contributed by atoms with Crippen molar-refractivity contribution in [2.75, 3.05) is 0 Å². The molecule has 1 unspecified atom stereocenters. The van der Waals surface area contributed by atoms with Crippen molar-refractivity contribution in [2.24, 2.45) is 0 Å². The Kier molecular flexibility index (Phi) is 3.23. The van der Waals surface area contributed by atoms with E-state index in [4.69, 9.17) is 0 Å². The molecule has 1 rings (SSSR count). The van der Waals surface area contributed by atoms with Crippen molar-refractivity contribution in [3.63, 3.8) is 0 Å². The molecule has 3 nitrogen and oxygen atoms in total. The monoisotopic (exact) mass is 193 g/mol. The Hall–Kier alpha value is -1.38. The Morgan fingerprint density at radius 3 is 2.64 bits per heavy atom. The third kappa shape index (κ3) is 2.10. The van der Waals surface area contributed by atoms with Crippen LogP contribution < -0.4 is 0 Å². The maximum Gasteiger partial charge on any atom is 0.273 e. The van der Waals surface area contributed by atoms with Crippen LogP contribution in [-0.2, 0) is 0 Å². The summed E-state index contributed by atoms with van der Waals surface area (Å²) in [6, 6.07) is 5.43. The molecule has 0 N–H and O–H groups in total. The number of hydrogen-bond donors (Lipinski definition) is 0. The van der Waals surface area contributed by atoms with Crippen molar-refractivity contribution in [2.45, 2.75) is 33.1 Å². The number of nitrogens with zero attached hydrogens (tertiary/aromatic N) is 1. The van der Waals surface area contributed by atoms with Crippen LogP contribution in [0.4, 0.5) is 5.69 Å². The zero-order valence-corrected chi connectivity index (χ0v) is 8.78. The minimum absolute atomic E-state index is 0.246. The van der Waals surface area contributed by atoms with Crippen molar-refractivity contribution in [3.05, 3.63) is 39.4 Å². The molecule has 76 valence electrons. The van der Waals surface area contributed by atoms with Gasteiger partial charge in [0.1, 0.15) is 0 Å². The van der Waals surface area contributed by atoms with Gasteiger partial charge in [-0.3, -0.25) is 10.1 Å². The maximum absolute atomic E-state index is 10.8. The molecule has 0 bridgehead atoms. The SMILES string of the molecule is CCC(C)c1ccc(C)cc1[N+](=O)[O-]. The van der Waals surface area contributed by atoms with E-state index in [0.717, 1.165) is 17.5 Å². The minimum atomic E-state index is -0.297. The van der Waals surface area contributed by atoms with Crippen molar-refractivity contribution in [1.82, 2.24) is 0 Å². The van der Waals surface area contributed by atoms with E-state index in [9.17, 15) is 10.1 Å². The van der Waals surface area contributed by atoms with Crippen LogP contribution in [0, 0.1) is 17.0 Å². The number of hydrogen-bond acceptors (Lipinski definition) is 2. The molecular formula is C11H15NO2. The highest BCUT2D eigenvalue weighted by Crippen LogP contribution is 2.29. The van der Waals surface area contributed by atoms with Crippen LogP contribution in [-0.4, -0.2) is 4.92 Å². The molecule has 0 saturated heterocycles. The molecule has 0 radical (unpaired) electrons. The lowest BCUT2D eigenvalue weighted by Crippen LogP contribution is -1.99. The predicted molar refractivity (Wildman–Crippen MR) is 56.5 cm³/mol. The van der Waals surface area contributed by atoms with E-state index < -0.39 is 0 Å². The van der Waals surface area contributed by atoms with E-state index in [1.165, 1.54) is 0 Å². The van der Waals surface area contributed by atoms with E-state index in [1.807, 2.05) is 32.9 Å². The van der Waals surface area contributed by atoms with Gasteiger partial charge in [0.25, 0.3) is 5.69 Å². The molecule has 0 heterocycles. The quantitative estimate of drug-likeness (QED) is 0.545. The van der Waals surface area contributed by atoms with E-state index in [2.05, 4.69) is 0 Å². The average Bonchev–Trinajstić information content (AvgIpc) is 2.16. The summed E-state index contributed by atoms with van der Waals surface area (Å²) in [4.78, 5) is 10.5. The molecule has 0 aliphatic heterocycles. The Morgan fingerprint density at radius 1 is 1.50 bits per heavy atom. The molecule has 14 heavy (non-hydrogen) atoms. The first-order valence-electron chi connectivity index (χ1n) is 4.81. The third-order valence-corrected chi connectivity index (χ3v) is 2.53. The van der Waals surface area contributed by atoms with Crippen LogP contribution in [0.5, 0.6) is 0 Å². The Bertz CT molecular complexity index is 347. The molecule has 0 saturated carbocycles. The van der Waals surface area contributed by atoms with Gasteiger partial charge >= 0.3 is 0 Å². The normalized spacial score (nSPS) is 12.5. The zero-order chi connectivity index (χ0) is 10.7.